The smallest absolute Gasteiger partial charge is 0.170 e. The van der Waals surface area contributed by atoms with Crippen LogP contribution in [0.15, 0.2) is 22.1 Å². The Kier molecular flexibility index (Phi) is 5.91. The van der Waals surface area contributed by atoms with E-state index in [9.17, 15) is 18.9 Å². The fourth-order valence-corrected chi connectivity index (χ4v) is 5.93. The Labute approximate surface area is 163 Å². The van der Waals surface area contributed by atoms with Gasteiger partial charge < -0.3 is 9.84 Å². The van der Waals surface area contributed by atoms with Crippen molar-refractivity contribution in [1.82, 2.24) is 0 Å². The quantitative estimate of drug-likeness (QED) is 0.456. The number of Topliss-reactive ketones (excluding diaryl/α,β-unsaturated/α-hetero) is 2. The Hall–Kier alpha value is -1.86. The Morgan fingerprint density at radius 2 is 1.74 bits per heavy atom. The molecule has 8 heteroatoms. The number of aliphatic hydroxyl groups excluding tert-OH is 1. The second-order valence-corrected chi connectivity index (χ2v) is 9.66. The highest BCUT2D eigenvalue weighted by Crippen LogP contribution is 2.42. The van der Waals surface area contributed by atoms with Crippen LogP contribution < -0.4 is 4.74 Å². The first-order valence-electron chi connectivity index (χ1n) is 8.95. The summed E-state index contributed by atoms with van der Waals surface area (Å²) in [5.74, 6) is 0.0600. The Morgan fingerprint density at radius 3 is 2.33 bits per heavy atom. The molecule has 0 bridgehead atoms. The zero-order chi connectivity index (χ0) is 19.6. The second kappa shape index (κ2) is 8.02. The monoisotopic (exact) mass is 411 g/mol. The van der Waals surface area contributed by atoms with E-state index in [2.05, 4.69) is 4.36 Å². The molecule has 2 aliphatic rings. The van der Waals surface area contributed by atoms with Crippen LogP contribution in [0.3, 0.4) is 0 Å². The maximum absolute atomic E-state index is 13.0. The number of hydrogen-bond donors (Lipinski definition) is 1. The number of benzene rings is 1. The predicted octanol–water partition coefficient (Wildman–Crippen LogP) is 4.22. The maximum atomic E-state index is 13.0. The van der Waals surface area contributed by atoms with Crippen LogP contribution in [0.1, 0.15) is 44.1 Å². The largest absolute Gasteiger partial charge is 0.506 e. The van der Waals surface area contributed by atoms with E-state index in [1.165, 1.54) is 13.2 Å². The summed E-state index contributed by atoms with van der Waals surface area (Å²) in [6, 6.07) is 3.02. The number of ether oxygens (including phenoxy) is 1. The summed E-state index contributed by atoms with van der Waals surface area (Å²) in [4.78, 5) is 24.3. The lowest BCUT2D eigenvalue weighted by Gasteiger charge is -2.18. The molecule has 0 radical (unpaired) electrons. The summed E-state index contributed by atoms with van der Waals surface area (Å²) >= 11 is 6.47. The molecule has 146 valence electrons. The van der Waals surface area contributed by atoms with Gasteiger partial charge in [-0.2, -0.15) is 4.36 Å². The van der Waals surface area contributed by atoms with Crippen LogP contribution >= 0.6 is 11.6 Å². The molecule has 0 amide bonds. The number of hydrogen-bond acceptors (Lipinski definition) is 6. The van der Waals surface area contributed by atoms with Gasteiger partial charge >= 0.3 is 0 Å². The number of halogens is 1. The molecule has 1 aromatic rings. The summed E-state index contributed by atoms with van der Waals surface area (Å²) in [5, 5.41) is 10.7. The molecule has 3 rings (SSSR count). The van der Waals surface area contributed by atoms with Gasteiger partial charge in [0, 0.05) is 29.9 Å². The molecule has 1 aromatic carbocycles. The minimum atomic E-state index is -2.46. The van der Waals surface area contributed by atoms with Gasteiger partial charge in [0.1, 0.15) is 22.8 Å². The Bertz CT molecular complexity index is 914. The van der Waals surface area contributed by atoms with Crippen molar-refractivity contribution < 1.29 is 23.6 Å². The third-order valence-corrected chi connectivity index (χ3v) is 7.59. The van der Waals surface area contributed by atoms with E-state index in [0.717, 1.165) is 19.3 Å². The van der Waals surface area contributed by atoms with E-state index >= 15 is 0 Å². The Balaban J connectivity index is 2.17. The van der Waals surface area contributed by atoms with E-state index in [0.29, 0.717) is 23.7 Å². The molecule has 0 atom stereocenters. The molecule has 2 fully saturated rings. The van der Waals surface area contributed by atoms with Gasteiger partial charge in [0.05, 0.1) is 21.9 Å². The van der Waals surface area contributed by atoms with E-state index in [4.69, 9.17) is 16.3 Å². The van der Waals surface area contributed by atoms with Gasteiger partial charge in [0.2, 0.25) is 0 Å². The van der Waals surface area contributed by atoms with Crippen LogP contribution in [-0.4, -0.2) is 39.5 Å². The molecular formula is C19H22ClNO5S. The first-order chi connectivity index (χ1) is 12.9. The molecule has 0 aromatic heterocycles. The first-order valence-corrected chi connectivity index (χ1v) is 11.2. The molecule has 1 aliphatic heterocycles. The zero-order valence-corrected chi connectivity index (χ0v) is 16.7. The molecule has 27 heavy (non-hydrogen) atoms. The lowest BCUT2D eigenvalue weighted by atomic mass is 9.89. The first kappa shape index (κ1) is 19.9. The van der Waals surface area contributed by atoms with Crippen molar-refractivity contribution in [2.75, 3.05) is 18.6 Å². The van der Waals surface area contributed by atoms with Crippen molar-refractivity contribution in [2.45, 2.75) is 38.5 Å². The van der Waals surface area contributed by atoms with E-state index in [-0.39, 0.29) is 34.7 Å². The molecule has 0 unspecified atom stereocenters. The second-order valence-electron chi connectivity index (χ2n) is 6.73. The summed E-state index contributed by atoms with van der Waals surface area (Å²) in [7, 11) is -1.01. The highest BCUT2D eigenvalue weighted by atomic mass is 35.5. The molecule has 1 heterocycles. The minimum absolute atomic E-state index is 0.0267. The molecule has 1 saturated carbocycles. The average molecular weight is 412 g/mol. The number of rotatable bonds is 3. The van der Waals surface area contributed by atoms with Gasteiger partial charge in [-0.05, 0) is 31.4 Å². The molecule has 6 nitrogen and oxygen atoms in total. The normalized spacial score (nSPS) is 19.7. The lowest BCUT2D eigenvalue weighted by molar-refractivity contribution is -0.123. The van der Waals surface area contributed by atoms with Gasteiger partial charge in [-0.25, -0.2) is 4.21 Å². The fraction of sp³-hybridized carbons (Fsp3) is 0.474. The van der Waals surface area contributed by atoms with Crippen LogP contribution in [-0.2, 0) is 19.3 Å². The van der Waals surface area contributed by atoms with Crippen LogP contribution in [0.25, 0.3) is 5.76 Å². The van der Waals surface area contributed by atoms with E-state index < -0.39 is 27.1 Å². The van der Waals surface area contributed by atoms with Crippen LogP contribution in [0.5, 0.6) is 5.75 Å². The van der Waals surface area contributed by atoms with Crippen molar-refractivity contribution in [3.8, 4) is 5.75 Å². The maximum Gasteiger partial charge on any atom is 0.170 e. The van der Waals surface area contributed by atoms with Gasteiger partial charge in [0.25, 0.3) is 0 Å². The number of methoxy groups -OCH3 is 1. The third kappa shape index (κ3) is 4.04. The zero-order valence-electron chi connectivity index (χ0n) is 15.1. The number of carbonyl (C=O) groups excluding carboxylic acids is 2. The van der Waals surface area contributed by atoms with Crippen molar-refractivity contribution >= 4 is 44.3 Å². The standard InChI is InChI=1S/C19H22ClNO5S/c1-26-15-9-8-12(19(24)16-13(22)6-5-7-14(16)23)17(20)18(15)21-27(25)10-3-2-4-11-27/h8-9,24H,2-7,10-11H2,1H3. The molecule has 1 saturated heterocycles. The SMILES string of the molecule is COc1ccc(C(O)=C2C(=O)CCCC2=O)c(Cl)c1N=S1(=O)CCCCC1. The number of aliphatic hydroxyl groups is 1. The van der Waals surface area contributed by atoms with Crippen LogP contribution in [0, 0.1) is 0 Å². The van der Waals surface area contributed by atoms with Crippen molar-refractivity contribution in [1.29, 1.82) is 0 Å². The highest BCUT2D eigenvalue weighted by Gasteiger charge is 2.29. The van der Waals surface area contributed by atoms with Gasteiger partial charge in [-0.1, -0.05) is 18.0 Å². The van der Waals surface area contributed by atoms with Gasteiger partial charge in [-0.15, -0.1) is 0 Å². The van der Waals surface area contributed by atoms with Crippen LogP contribution in [0.2, 0.25) is 5.02 Å². The van der Waals surface area contributed by atoms with Crippen molar-refractivity contribution in [3.63, 3.8) is 0 Å². The summed E-state index contributed by atoms with van der Waals surface area (Å²) < 4.78 is 22.7. The molecular weight excluding hydrogens is 390 g/mol. The van der Waals surface area contributed by atoms with Crippen molar-refractivity contribution in [2.24, 2.45) is 4.36 Å². The number of carbonyl (C=O) groups is 2. The van der Waals surface area contributed by atoms with Crippen LogP contribution in [0.4, 0.5) is 5.69 Å². The number of ketones is 2. The number of allylic oxidation sites excluding steroid dienone is 1. The fourth-order valence-electron chi connectivity index (χ4n) is 3.38. The molecule has 1 aliphatic carbocycles. The minimum Gasteiger partial charge on any atom is -0.506 e. The Morgan fingerprint density at radius 1 is 1.11 bits per heavy atom. The van der Waals surface area contributed by atoms with E-state index in [1.54, 1.807) is 6.07 Å². The van der Waals surface area contributed by atoms with E-state index in [1.807, 2.05) is 0 Å². The summed E-state index contributed by atoms with van der Waals surface area (Å²) in [6.45, 7) is 0. The van der Waals surface area contributed by atoms with Gasteiger partial charge in [0.15, 0.2) is 11.6 Å². The number of nitrogens with zero attached hydrogens (tertiary/aromatic N) is 1. The highest BCUT2D eigenvalue weighted by molar-refractivity contribution is 7.93. The lowest BCUT2D eigenvalue weighted by Crippen LogP contribution is -2.20. The predicted molar refractivity (Wildman–Crippen MR) is 105 cm³/mol. The third-order valence-electron chi connectivity index (χ3n) is 4.84. The molecule has 1 N–H and O–H groups in total. The summed E-state index contributed by atoms with van der Waals surface area (Å²) in [6.07, 6.45) is 3.59. The molecule has 0 spiro atoms. The van der Waals surface area contributed by atoms with Gasteiger partial charge in [-0.3, -0.25) is 9.59 Å². The summed E-state index contributed by atoms with van der Waals surface area (Å²) in [5.41, 5.74) is 0.0844. The van der Waals surface area contributed by atoms with Crippen molar-refractivity contribution in [3.05, 3.63) is 28.3 Å². The average Bonchev–Trinajstić information content (AvgIpc) is 2.63. The topological polar surface area (TPSA) is 93.0 Å².